The molecule has 2 aliphatic carbocycles. The van der Waals surface area contributed by atoms with Gasteiger partial charge in [0.15, 0.2) is 0 Å². The van der Waals surface area contributed by atoms with Gasteiger partial charge in [-0.15, -0.1) is 5.10 Å². The molecule has 1 heterocycles. The third-order valence-corrected chi connectivity index (χ3v) is 3.60. The lowest BCUT2D eigenvalue weighted by atomic mass is 9.91. The topological polar surface area (TPSA) is 53.1 Å². The summed E-state index contributed by atoms with van der Waals surface area (Å²) in [6, 6.07) is 0. The number of rotatable bonds is 2. The van der Waals surface area contributed by atoms with Crippen molar-refractivity contribution in [2.75, 3.05) is 5.73 Å². The Labute approximate surface area is 101 Å². The van der Waals surface area contributed by atoms with Gasteiger partial charge in [0, 0.05) is 13.0 Å². The van der Waals surface area contributed by atoms with Gasteiger partial charge in [-0.25, -0.2) is 0 Å². The molecule has 0 aliphatic heterocycles. The van der Waals surface area contributed by atoms with Crippen LogP contribution in [-0.4, -0.2) is 15.9 Å². The van der Waals surface area contributed by atoms with Crippen LogP contribution in [0.5, 0.6) is 5.88 Å². The number of nitrogens with zero attached hydrogens (tertiary/aromatic N) is 2. The van der Waals surface area contributed by atoms with Gasteiger partial charge in [0.05, 0.1) is 6.20 Å². The number of nitrogens with two attached hydrogens (primary N) is 1. The number of aryl methyl sites for hydroxylation is 1. The summed E-state index contributed by atoms with van der Waals surface area (Å²) >= 11 is 0. The quantitative estimate of drug-likeness (QED) is 0.845. The van der Waals surface area contributed by atoms with Crippen LogP contribution in [0.2, 0.25) is 0 Å². The van der Waals surface area contributed by atoms with Crippen molar-refractivity contribution < 1.29 is 4.74 Å². The summed E-state index contributed by atoms with van der Waals surface area (Å²) in [4.78, 5) is 0. The molecule has 1 fully saturated rings. The molecule has 4 nitrogen and oxygen atoms in total. The maximum Gasteiger partial charge on any atom is 0.256 e. The zero-order valence-electron chi connectivity index (χ0n) is 9.91. The minimum Gasteiger partial charge on any atom is -0.471 e. The van der Waals surface area contributed by atoms with E-state index in [1.165, 1.54) is 6.42 Å². The van der Waals surface area contributed by atoms with Crippen LogP contribution >= 0.6 is 0 Å². The SMILES string of the molecule is Cn1cc(N)c(O[C@@H]2CC[C@@H]3C=CC=C[C@@H]32)n1. The second-order valence-electron chi connectivity index (χ2n) is 4.81. The molecule has 0 radical (unpaired) electrons. The monoisotopic (exact) mass is 231 g/mol. The molecule has 3 rings (SSSR count). The molecule has 1 aromatic rings. The highest BCUT2D eigenvalue weighted by atomic mass is 16.5. The molecule has 1 saturated carbocycles. The number of aromatic nitrogens is 2. The molecule has 4 heteroatoms. The summed E-state index contributed by atoms with van der Waals surface area (Å²) in [5, 5.41) is 4.24. The minimum absolute atomic E-state index is 0.207. The summed E-state index contributed by atoms with van der Waals surface area (Å²) in [6.45, 7) is 0. The van der Waals surface area contributed by atoms with E-state index >= 15 is 0 Å². The van der Waals surface area contributed by atoms with Crippen LogP contribution in [0.15, 0.2) is 30.5 Å². The molecule has 0 bridgehead atoms. The highest BCUT2D eigenvalue weighted by Crippen LogP contribution is 2.38. The molecule has 2 aliphatic rings. The van der Waals surface area contributed by atoms with E-state index < -0.39 is 0 Å². The molecule has 90 valence electrons. The minimum atomic E-state index is 0.207. The van der Waals surface area contributed by atoms with Gasteiger partial charge in [-0.2, -0.15) is 0 Å². The highest BCUT2D eigenvalue weighted by molar-refractivity contribution is 5.46. The van der Waals surface area contributed by atoms with E-state index in [1.54, 1.807) is 10.9 Å². The summed E-state index contributed by atoms with van der Waals surface area (Å²) in [7, 11) is 1.85. The van der Waals surface area contributed by atoms with Crippen LogP contribution in [-0.2, 0) is 7.05 Å². The Hall–Kier alpha value is -1.71. The van der Waals surface area contributed by atoms with Gasteiger partial charge >= 0.3 is 0 Å². The Morgan fingerprint density at radius 1 is 1.35 bits per heavy atom. The van der Waals surface area contributed by atoms with E-state index in [-0.39, 0.29) is 6.10 Å². The van der Waals surface area contributed by atoms with Crippen molar-refractivity contribution in [3.05, 3.63) is 30.5 Å². The van der Waals surface area contributed by atoms with E-state index in [1.807, 2.05) is 7.05 Å². The second-order valence-corrected chi connectivity index (χ2v) is 4.81. The Balaban J connectivity index is 1.76. The van der Waals surface area contributed by atoms with Gasteiger partial charge in [0.25, 0.3) is 5.88 Å². The predicted molar refractivity (Wildman–Crippen MR) is 66.5 cm³/mol. The third kappa shape index (κ3) is 1.84. The average molecular weight is 231 g/mol. The molecule has 0 saturated heterocycles. The van der Waals surface area contributed by atoms with E-state index in [0.29, 0.717) is 23.4 Å². The van der Waals surface area contributed by atoms with Crippen molar-refractivity contribution in [2.45, 2.75) is 18.9 Å². The number of fused-ring (bicyclic) bond motifs is 1. The predicted octanol–water partition coefficient (Wildman–Crippen LogP) is 1.90. The molecule has 2 N–H and O–H groups in total. The molecule has 0 aromatic carbocycles. The summed E-state index contributed by atoms with van der Waals surface area (Å²) < 4.78 is 7.64. The Morgan fingerprint density at radius 3 is 2.94 bits per heavy atom. The summed E-state index contributed by atoms with van der Waals surface area (Å²) in [5.74, 6) is 1.66. The smallest absolute Gasteiger partial charge is 0.256 e. The Morgan fingerprint density at radius 2 is 2.18 bits per heavy atom. The lowest BCUT2D eigenvalue weighted by Crippen LogP contribution is -2.24. The number of hydrogen-bond acceptors (Lipinski definition) is 3. The fourth-order valence-corrected chi connectivity index (χ4v) is 2.77. The van der Waals surface area contributed by atoms with Crippen molar-refractivity contribution in [3.8, 4) is 5.88 Å². The zero-order chi connectivity index (χ0) is 11.8. The largest absolute Gasteiger partial charge is 0.471 e. The van der Waals surface area contributed by atoms with Gasteiger partial charge < -0.3 is 10.5 Å². The maximum atomic E-state index is 5.95. The van der Waals surface area contributed by atoms with Gasteiger partial charge in [0.1, 0.15) is 11.8 Å². The summed E-state index contributed by atoms with van der Waals surface area (Å²) in [6.07, 6.45) is 13.0. The lowest BCUT2D eigenvalue weighted by Gasteiger charge is -2.21. The van der Waals surface area contributed by atoms with E-state index in [4.69, 9.17) is 10.5 Å². The standard InChI is InChI=1S/C13H17N3O/c1-16-8-11(14)13(15-16)17-12-7-6-9-4-2-3-5-10(9)12/h2-5,8-10,12H,6-7,14H2,1H3/t9-,10-,12+/m0/s1. The normalized spacial score (nSPS) is 30.5. The fraction of sp³-hybridized carbons (Fsp3) is 0.462. The van der Waals surface area contributed by atoms with E-state index in [2.05, 4.69) is 29.4 Å². The number of allylic oxidation sites excluding steroid dienone is 3. The van der Waals surface area contributed by atoms with Gasteiger partial charge in [-0.3, -0.25) is 4.68 Å². The van der Waals surface area contributed by atoms with Crippen molar-refractivity contribution in [2.24, 2.45) is 18.9 Å². The molecular formula is C13H17N3O. The Bertz CT molecular complexity index is 475. The number of anilines is 1. The molecule has 17 heavy (non-hydrogen) atoms. The van der Waals surface area contributed by atoms with Crippen molar-refractivity contribution >= 4 is 5.69 Å². The average Bonchev–Trinajstić information content (AvgIpc) is 2.85. The fourth-order valence-electron chi connectivity index (χ4n) is 2.77. The first-order valence-electron chi connectivity index (χ1n) is 6.05. The Kier molecular flexibility index (Phi) is 2.42. The third-order valence-electron chi connectivity index (χ3n) is 3.60. The van der Waals surface area contributed by atoms with Crippen molar-refractivity contribution in [3.63, 3.8) is 0 Å². The zero-order valence-corrected chi connectivity index (χ0v) is 9.91. The van der Waals surface area contributed by atoms with E-state index in [0.717, 1.165) is 6.42 Å². The van der Waals surface area contributed by atoms with Crippen LogP contribution < -0.4 is 10.5 Å². The summed E-state index contributed by atoms with van der Waals surface area (Å²) in [5.41, 5.74) is 6.46. The number of nitrogen functional groups attached to an aromatic ring is 1. The first kappa shape index (κ1) is 10.4. The van der Waals surface area contributed by atoms with Crippen LogP contribution in [0.3, 0.4) is 0 Å². The van der Waals surface area contributed by atoms with Gasteiger partial charge in [0.2, 0.25) is 0 Å². The molecule has 0 amide bonds. The molecular weight excluding hydrogens is 214 g/mol. The van der Waals surface area contributed by atoms with E-state index in [9.17, 15) is 0 Å². The first-order valence-corrected chi connectivity index (χ1v) is 6.05. The van der Waals surface area contributed by atoms with Gasteiger partial charge in [-0.1, -0.05) is 24.3 Å². The number of hydrogen-bond donors (Lipinski definition) is 1. The maximum absolute atomic E-state index is 5.95. The molecule has 0 spiro atoms. The molecule has 3 atom stereocenters. The molecule has 0 unspecified atom stereocenters. The van der Waals surface area contributed by atoms with Crippen LogP contribution in [0, 0.1) is 11.8 Å². The molecule has 1 aromatic heterocycles. The second kappa shape index (κ2) is 3.95. The van der Waals surface area contributed by atoms with Crippen molar-refractivity contribution in [1.29, 1.82) is 0 Å². The van der Waals surface area contributed by atoms with Crippen LogP contribution in [0.4, 0.5) is 5.69 Å². The van der Waals surface area contributed by atoms with Crippen LogP contribution in [0.1, 0.15) is 12.8 Å². The highest BCUT2D eigenvalue weighted by Gasteiger charge is 2.35. The van der Waals surface area contributed by atoms with Crippen molar-refractivity contribution in [1.82, 2.24) is 9.78 Å². The number of ether oxygens (including phenoxy) is 1. The van der Waals surface area contributed by atoms with Crippen LogP contribution in [0.25, 0.3) is 0 Å². The first-order chi connectivity index (χ1) is 8.24. The lowest BCUT2D eigenvalue weighted by molar-refractivity contribution is 0.165. The van der Waals surface area contributed by atoms with Gasteiger partial charge in [-0.05, 0) is 18.8 Å².